The zero-order chi connectivity index (χ0) is 14.9. The Balaban J connectivity index is 2.04. The van der Waals surface area contributed by atoms with E-state index >= 15 is 0 Å². The molecule has 0 aliphatic carbocycles. The first-order valence-electron chi connectivity index (χ1n) is 7.54. The van der Waals surface area contributed by atoms with Crippen LogP contribution in [0.3, 0.4) is 0 Å². The topological polar surface area (TPSA) is 3.24 Å². The summed E-state index contributed by atoms with van der Waals surface area (Å²) in [5.74, 6) is 0. The molecule has 4 rings (SSSR count). The van der Waals surface area contributed by atoms with Crippen molar-refractivity contribution in [3.8, 4) is 0 Å². The summed E-state index contributed by atoms with van der Waals surface area (Å²) in [5.41, 5.74) is 2.43. The van der Waals surface area contributed by atoms with Crippen molar-refractivity contribution in [3.05, 3.63) is 84.9 Å². The van der Waals surface area contributed by atoms with Crippen LogP contribution in [0.4, 0.5) is 11.4 Å². The molecular weight excluding hydrogens is 266 g/mol. The third-order valence-electron chi connectivity index (χ3n) is 4.25. The maximum absolute atomic E-state index is 2.28. The molecule has 0 saturated heterocycles. The van der Waals surface area contributed by atoms with Gasteiger partial charge in [0.25, 0.3) is 0 Å². The zero-order valence-corrected chi connectivity index (χ0v) is 12.5. The van der Waals surface area contributed by atoms with Crippen molar-refractivity contribution >= 4 is 32.9 Å². The Hall–Kier alpha value is -2.80. The quantitative estimate of drug-likeness (QED) is 0.423. The van der Waals surface area contributed by atoms with Gasteiger partial charge in [-0.2, -0.15) is 0 Å². The van der Waals surface area contributed by atoms with Crippen LogP contribution in [0.1, 0.15) is 0 Å². The minimum Gasteiger partial charge on any atom is -0.344 e. The fourth-order valence-corrected chi connectivity index (χ4v) is 3.10. The molecular formula is C21H17N. The molecule has 22 heavy (non-hydrogen) atoms. The number of nitrogens with zero attached hydrogens (tertiary/aromatic N) is 1. The van der Waals surface area contributed by atoms with E-state index in [4.69, 9.17) is 0 Å². The van der Waals surface area contributed by atoms with Crippen LogP contribution in [-0.2, 0) is 0 Å². The normalized spacial score (nSPS) is 11.0. The van der Waals surface area contributed by atoms with Gasteiger partial charge in [-0.05, 0) is 34.4 Å². The lowest BCUT2D eigenvalue weighted by Gasteiger charge is -2.22. The summed E-state index contributed by atoms with van der Waals surface area (Å²) >= 11 is 0. The number of para-hydroxylation sites is 1. The summed E-state index contributed by atoms with van der Waals surface area (Å²) < 4.78 is 0. The first-order valence-corrected chi connectivity index (χ1v) is 7.54. The summed E-state index contributed by atoms with van der Waals surface area (Å²) in [5, 5.41) is 5.17. The molecule has 0 aliphatic rings. The predicted octanol–water partition coefficient (Wildman–Crippen LogP) is 5.76. The van der Waals surface area contributed by atoms with Crippen LogP contribution in [-0.4, -0.2) is 7.05 Å². The van der Waals surface area contributed by atoms with Crippen molar-refractivity contribution in [3.63, 3.8) is 0 Å². The van der Waals surface area contributed by atoms with Gasteiger partial charge in [0, 0.05) is 23.8 Å². The molecule has 4 aromatic rings. The third-order valence-corrected chi connectivity index (χ3v) is 4.25. The second-order valence-corrected chi connectivity index (χ2v) is 5.56. The Bertz CT molecular complexity index is 941. The van der Waals surface area contributed by atoms with Crippen LogP contribution >= 0.6 is 0 Å². The molecule has 0 aromatic heterocycles. The summed E-state index contributed by atoms with van der Waals surface area (Å²) in [7, 11) is 2.13. The number of anilines is 2. The molecule has 0 bridgehead atoms. The Morgan fingerprint density at radius 1 is 0.591 bits per heavy atom. The monoisotopic (exact) mass is 283 g/mol. The van der Waals surface area contributed by atoms with Crippen LogP contribution in [0, 0.1) is 0 Å². The van der Waals surface area contributed by atoms with Gasteiger partial charge in [-0.1, -0.05) is 66.7 Å². The smallest absolute Gasteiger partial charge is 0.0494 e. The van der Waals surface area contributed by atoms with Gasteiger partial charge in [-0.25, -0.2) is 0 Å². The molecule has 0 radical (unpaired) electrons. The van der Waals surface area contributed by atoms with Crippen molar-refractivity contribution < 1.29 is 0 Å². The minimum absolute atomic E-state index is 1.20. The van der Waals surface area contributed by atoms with Gasteiger partial charge >= 0.3 is 0 Å². The average molecular weight is 283 g/mol. The summed E-state index contributed by atoms with van der Waals surface area (Å²) in [6.07, 6.45) is 0. The maximum Gasteiger partial charge on any atom is 0.0494 e. The lowest BCUT2D eigenvalue weighted by Crippen LogP contribution is -2.09. The van der Waals surface area contributed by atoms with Crippen LogP contribution in [0.2, 0.25) is 0 Å². The fourth-order valence-electron chi connectivity index (χ4n) is 3.10. The van der Waals surface area contributed by atoms with Gasteiger partial charge in [0.05, 0.1) is 0 Å². The van der Waals surface area contributed by atoms with Crippen LogP contribution in [0.15, 0.2) is 84.9 Å². The highest BCUT2D eigenvalue weighted by molar-refractivity contribution is 6.13. The van der Waals surface area contributed by atoms with E-state index in [-0.39, 0.29) is 0 Å². The zero-order valence-electron chi connectivity index (χ0n) is 12.5. The molecule has 0 spiro atoms. The first kappa shape index (κ1) is 12.9. The van der Waals surface area contributed by atoms with Crippen molar-refractivity contribution in [2.45, 2.75) is 0 Å². The molecule has 0 unspecified atom stereocenters. The molecule has 1 heteroatoms. The van der Waals surface area contributed by atoms with E-state index in [1.165, 1.54) is 32.9 Å². The highest BCUT2D eigenvalue weighted by atomic mass is 15.1. The van der Waals surface area contributed by atoms with Gasteiger partial charge in [0.15, 0.2) is 0 Å². The van der Waals surface area contributed by atoms with Gasteiger partial charge in [0.1, 0.15) is 0 Å². The summed E-state index contributed by atoms with van der Waals surface area (Å²) in [6, 6.07) is 30.0. The van der Waals surface area contributed by atoms with E-state index in [1.807, 2.05) is 0 Å². The van der Waals surface area contributed by atoms with Crippen molar-refractivity contribution in [2.75, 3.05) is 11.9 Å². The Morgan fingerprint density at radius 3 is 1.95 bits per heavy atom. The third kappa shape index (κ3) is 2.03. The second kappa shape index (κ2) is 5.19. The summed E-state index contributed by atoms with van der Waals surface area (Å²) in [4.78, 5) is 2.26. The lowest BCUT2D eigenvalue weighted by molar-refractivity contribution is 1.22. The fraction of sp³-hybridized carbons (Fsp3) is 0.0476. The van der Waals surface area contributed by atoms with Crippen molar-refractivity contribution in [2.24, 2.45) is 0 Å². The molecule has 0 aliphatic heterocycles. The Kier molecular flexibility index (Phi) is 3.05. The minimum atomic E-state index is 1.20. The number of benzene rings is 4. The molecule has 0 N–H and O–H groups in total. The molecule has 4 aromatic carbocycles. The van der Waals surface area contributed by atoms with Gasteiger partial charge in [-0.3, -0.25) is 0 Å². The van der Waals surface area contributed by atoms with Gasteiger partial charge in [0.2, 0.25) is 0 Å². The second-order valence-electron chi connectivity index (χ2n) is 5.56. The standard InChI is InChI=1S/C21H17N/c1-22(17-10-3-2-4-11-17)21-15-16-9-5-6-12-18(16)19-13-7-8-14-20(19)21/h2-15H,1H3. The summed E-state index contributed by atoms with van der Waals surface area (Å²) in [6.45, 7) is 0. The van der Waals surface area contributed by atoms with Crippen LogP contribution in [0.25, 0.3) is 21.5 Å². The largest absolute Gasteiger partial charge is 0.344 e. The van der Waals surface area contributed by atoms with Crippen LogP contribution in [0.5, 0.6) is 0 Å². The first-order chi connectivity index (χ1) is 10.8. The Morgan fingerprint density at radius 2 is 1.18 bits per heavy atom. The number of rotatable bonds is 2. The van der Waals surface area contributed by atoms with Crippen molar-refractivity contribution in [1.82, 2.24) is 0 Å². The van der Waals surface area contributed by atoms with E-state index in [1.54, 1.807) is 0 Å². The molecule has 0 atom stereocenters. The average Bonchev–Trinajstić information content (AvgIpc) is 2.61. The predicted molar refractivity (Wildman–Crippen MR) is 96.0 cm³/mol. The molecule has 0 amide bonds. The van der Waals surface area contributed by atoms with E-state index in [0.717, 1.165) is 0 Å². The highest BCUT2D eigenvalue weighted by Gasteiger charge is 2.10. The van der Waals surface area contributed by atoms with E-state index in [2.05, 4.69) is 96.9 Å². The molecule has 106 valence electrons. The van der Waals surface area contributed by atoms with E-state index < -0.39 is 0 Å². The molecule has 0 heterocycles. The molecule has 0 fully saturated rings. The van der Waals surface area contributed by atoms with Gasteiger partial charge < -0.3 is 4.90 Å². The molecule has 1 nitrogen and oxygen atoms in total. The Labute approximate surface area is 130 Å². The lowest BCUT2D eigenvalue weighted by atomic mass is 9.99. The van der Waals surface area contributed by atoms with Crippen molar-refractivity contribution in [1.29, 1.82) is 0 Å². The number of hydrogen-bond acceptors (Lipinski definition) is 1. The van der Waals surface area contributed by atoms with Crippen LogP contribution < -0.4 is 4.90 Å². The number of fused-ring (bicyclic) bond motifs is 3. The highest BCUT2D eigenvalue weighted by Crippen LogP contribution is 2.36. The van der Waals surface area contributed by atoms with Gasteiger partial charge in [-0.15, -0.1) is 0 Å². The molecule has 0 saturated carbocycles. The SMILES string of the molecule is CN(c1ccccc1)c1cc2ccccc2c2ccccc12. The number of hydrogen-bond donors (Lipinski definition) is 0. The van der Waals surface area contributed by atoms with E-state index in [9.17, 15) is 0 Å². The maximum atomic E-state index is 2.28. The van der Waals surface area contributed by atoms with E-state index in [0.29, 0.717) is 0 Å².